The zero-order valence-electron chi connectivity index (χ0n) is 15.6. The van der Waals surface area contributed by atoms with E-state index < -0.39 is 0 Å². The van der Waals surface area contributed by atoms with E-state index in [1.165, 1.54) is 16.3 Å². The van der Waals surface area contributed by atoms with Crippen molar-refractivity contribution in [3.63, 3.8) is 0 Å². The SMILES string of the molecule is c1ccc2c(CNCCCn3ccnc3)c(OCC3CCCO3)ccc2c1. The summed E-state index contributed by atoms with van der Waals surface area (Å²) in [5.41, 5.74) is 1.23. The zero-order valence-corrected chi connectivity index (χ0v) is 15.6. The summed E-state index contributed by atoms with van der Waals surface area (Å²) in [5.74, 6) is 0.964. The van der Waals surface area contributed by atoms with Crippen LogP contribution in [0, 0.1) is 0 Å². The molecule has 0 bridgehead atoms. The first-order valence-corrected chi connectivity index (χ1v) is 9.81. The van der Waals surface area contributed by atoms with Gasteiger partial charge in [0.2, 0.25) is 0 Å². The summed E-state index contributed by atoms with van der Waals surface area (Å²) in [5, 5.41) is 6.08. The molecule has 0 spiro atoms. The Labute approximate surface area is 160 Å². The number of imidazole rings is 1. The fourth-order valence-electron chi connectivity index (χ4n) is 3.61. The number of rotatable bonds is 9. The second-order valence-electron chi connectivity index (χ2n) is 7.04. The van der Waals surface area contributed by atoms with Crippen molar-refractivity contribution in [2.24, 2.45) is 0 Å². The monoisotopic (exact) mass is 365 g/mol. The van der Waals surface area contributed by atoms with Crippen LogP contribution in [-0.4, -0.2) is 35.4 Å². The number of benzene rings is 2. The summed E-state index contributed by atoms with van der Waals surface area (Å²) < 4.78 is 14.0. The van der Waals surface area contributed by atoms with E-state index in [-0.39, 0.29) is 6.10 Å². The van der Waals surface area contributed by atoms with Crippen molar-refractivity contribution < 1.29 is 9.47 Å². The van der Waals surface area contributed by atoms with E-state index in [0.29, 0.717) is 6.61 Å². The van der Waals surface area contributed by atoms with Crippen molar-refractivity contribution >= 4 is 10.8 Å². The van der Waals surface area contributed by atoms with Crippen LogP contribution in [0.4, 0.5) is 0 Å². The molecule has 5 heteroatoms. The zero-order chi connectivity index (χ0) is 18.3. The molecule has 1 N–H and O–H groups in total. The van der Waals surface area contributed by atoms with Crippen molar-refractivity contribution in [2.75, 3.05) is 19.8 Å². The highest BCUT2D eigenvalue weighted by Crippen LogP contribution is 2.29. The Kier molecular flexibility index (Phi) is 6.02. The summed E-state index contributed by atoms with van der Waals surface area (Å²) >= 11 is 0. The van der Waals surface area contributed by atoms with Crippen LogP contribution >= 0.6 is 0 Å². The Bertz CT molecular complexity index is 842. The van der Waals surface area contributed by atoms with E-state index in [9.17, 15) is 0 Å². The maximum absolute atomic E-state index is 6.17. The van der Waals surface area contributed by atoms with E-state index in [2.05, 4.69) is 51.3 Å². The van der Waals surface area contributed by atoms with Crippen LogP contribution < -0.4 is 10.1 Å². The van der Waals surface area contributed by atoms with E-state index in [1.807, 2.05) is 18.7 Å². The number of ether oxygens (including phenoxy) is 2. The van der Waals surface area contributed by atoms with Crippen LogP contribution in [0.1, 0.15) is 24.8 Å². The lowest BCUT2D eigenvalue weighted by Crippen LogP contribution is -2.19. The molecular formula is C22H27N3O2. The van der Waals surface area contributed by atoms with Gasteiger partial charge < -0.3 is 19.4 Å². The highest BCUT2D eigenvalue weighted by atomic mass is 16.5. The summed E-state index contributed by atoms with van der Waals surface area (Å²) in [4.78, 5) is 4.08. The number of hydrogen-bond acceptors (Lipinski definition) is 4. The fourth-order valence-corrected chi connectivity index (χ4v) is 3.61. The van der Waals surface area contributed by atoms with Gasteiger partial charge in [0.25, 0.3) is 0 Å². The van der Waals surface area contributed by atoms with Gasteiger partial charge in [-0.3, -0.25) is 0 Å². The molecule has 142 valence electrons. The Morgan fingerprint density at radius 2 is 2.19 bits per heavy atom. The normalized spacial score (nSPS) is 16.8. The van der Waals surface area contributed by atoms with Gasteiger partial charge in [0, 0.05) is 37.7 Å². The molecule has 1 aliphatic heterocycles. The third kappa shape index (κ3) is 4.67. The molecule has 0 amide bonds. The van der Waals surface area contributed by atoms with E-state index in [0.717, 1.165) is 51.3 Å². The molecular weight excluding hydrogens is 338 g/mol. The average molecular weight is 365 g/mol. The molecule has 1 atom stereocenters. The third-order valence-electron chi connectivity index (χ3n) is 5.08. The molecule has 2 heterocycles. The lowest BCUT2D eigenvalue weighted by Gasteiger charge is -2.17. The molecule has 0 saturated carbocycles. The third-order valence-corrected chi connectivity index (χ3v) is 5.08. The van der Waals surface area contributed by atoms with Crippen molar-refractivity contribution in [1.29, 1.82) is 0 Å². The van der Waals surface area contributed by atoms with Crippen LogP contribution in [0.2, 0.25) is 0 Å². The molecule has 1 fully saturated rings. The van der Waals surface area contributed by atoms with Gasteiger partial charge in [-0.15, -0.1) is 0 Å². The molecule has 3 aromatic rings. The molecule has 4 rings (SSSR count). The quantitative estimate of drug-likeness (QED) is 0.587. The molecule has 1 aromatic heterocycles. The van der Waals surface area contributed by atoms with Crippen molar-refractivity contribution in [1.82, 2.24) is 14.9 Å². The van der Waals surface area contributed by atoms with E-state index >= 15 is 0 Å². The van der Waals surface area contributed by atoms with Crippen molar-refractivity contribution in [3.8, 4) is 5.75 Å². The fraction of sp³-hybridized carbons (Fsp3) is 0.409. The number of hydrogen-bond donors (Lipinski definition) is 1. The smallest absolute Gasteiger partial charge is 0.124 e. The molecule has 2 aromatic carbocycles. The van der Waals surface area contributed by atoms with E-state index in [4.69, 9.17) is 9.47 Å². The molecule has 5 nitrogen and oxygen atoms in total. The lowest BCUT2D eigenvalue weighted by atomic mass is 10.0. The minimum atomic E-state index is 0.229. The first kappa shape index (κ1) is 18.0. The summed E-state index contributed by atoms with van der Waals surface area (Å²) in [6.07, 6.45) is 9.21. The number of fused-ring (bicyclic) bond motifs is 1. The van der Waals surface area contributed by atoms with Gasteiger partial charge in [-0.05, 0) is 42.6 Å². The molecule has 1 aliphatic rings. The van der Waals surface area contributed by atoms with Gasteiger partial charge >= 0.3 is 0 Å². The van der Waals surface area contributed by atoms with Gasteiger partial charge in [-0.2, -0.15) is 0 Å². The molecule has 1 saturated heterocycles. The predicted octanol–water partition coefficient (Wildman–Crippen LogP) is 3.77. The second-order valence-corrected chi connectivity index (χ2v) is 7.04. The van der Waals surface area contributed by atoms with Gasteiger partial charge in [0.15, 0.2) is 0 Å². The van der Waals surface area contributed by atoms with Crippen LogP contribution in [-0.2, 0) is 17.8 Å². The first-order valence-electron chi connectivity index (χ1n) is 9.81. The highest BCUT2D eigenvalue weighted by Gasteiger charge is 2.17. The standard InChI is InChI=1S/C22H27N3O2/c1-2-7-20-18(5-1)8-9-22(27-16-19-6-3-14-26-19)21(20)15-23-10-4-12-25-13-11-24-17-25/h1-2,5,7-9,11,13,17,19,23H,3-4,6,10,12,14-16H2. The number of nitrogens with zero attached hydrogens (tertiary/aromatic N) is 2. The Morgan fingerprint density at radius 3 is 3.04 bits per heavy atom. The summed E-state index contributed by atoms with van der Waals surface area (Å²) in [7, 11) is 0. The largest absolute Gasteiger partial charge is 0.491 e. The topological polar surface area (TPSA) is 48.3 Å². The maximum atomic E-state index is 6.17. The molecule has 0 aliphatic carbocycles. The average Bonchev–Trinajstić information content (AvgIpc) is 3.40. The predicted molar refractivity (Wildman–Crippen MR) is 107 cm³/mol. The number of nitrogens with one attached hydrogen (secondary N) is 1. The van der Waals surface area contributed by atoms with Crippen molar-refractivity contribution in [2.45, 2.75) is 38.5 Å². The highest BCUT2D eigenvalue weighted by molar-refractivity contribution is 5.87. The first-order chi connectivity index (χ1) is 13.4. The van der Waals surface area contributed by atoms with Crippen LogP contribution in [0.25, 0.3) is 10.8 Å². The molecule has 0 radical (unpaired) electrons. The van der Waals surface area contributed by atoms with Gasteiger partial charge in [-0.25, -0.2) is 4.98 Å². The number of aryl methyl sites for hydroxylation is 1. The second kappa shape index (κ2) is 9.02. The Morgan fingerprint density at radius 1 is 1.22 bits per heavy atom. The van der Waals surface area contributed by atoms with Gasteiger partial charge in [-0.1, -0.05) is 30.3 Å². The van der Waals surface area contributed by atoms with E-state index in [1.54, 1.807) is 0 Å². The Balaban J connectivity index is 1.40. The van der Waals surface area contributed by atoms with Crippen molar-refractivity contribution in [3.05, 3.63) is 60.7 Å². The minimum absolute atomic E-state index is 0.229. The number of aromatic nitrogens is 2. The summed E-state index contributed by atoms with van der Waals surface area (Å²) in [6.45, 7) is 4.21. The van der Waals surface area contributed by atoms with Crippen LogP contribution in [0.5, 0.6) is 5.75 Å². The van der Waals surface area contributed by atoms with Crippen LogP contribution in [0.15, 0.2) is 55.1 Å². The summed E-state index contributed by atoms with van der Waals surface area (Å²) in [6, 6.07) is 12.7. The van der Waals surface area contributed by atoms with Gasteiger partial charge in [0.05, 0.1) is 12.4 Å². The van der Waals surface area contributed by atoms with Gasteiger partial charge in [0.1, 0.15) is 12.4 Å². The molecule has 1 unspecified atom stereocenters. The Hall–Kier alpha value is -2.37. The molecule has 27 heavy (non-hydrogen) atoms. The maximum Gasteiger partial charge on any atom is 0.124 e. The lowest BCUT2D eigenvalue weighted by molar-refractivity contribution is 0.0676. The minimum Gasteiger partial charge on any atom is -0.491 e. The van der Waals surface area contributed by atoms with Crippen LogP contribution in [0.3, 0.4) is 0 Å².